The van der Waals surface area contributed by atoms with Crippen molar-refractivity contribution < 1.29 is 22.4 Å². The number of hydrogen-bond donors (Lipinski definition) is 2. The third-order valence-corrected chi connectivity index (χ3v) is 3.32. The largest absolute Gasteiger partial charge is 0.350 e. The molecule has 21 heavy (non-hydrogen) atoms. The zero-order valence-corrected chi connectivity index (χ0v) is 11.7. The van der Waals surface area contributed by atoms with Crippen molar-refractivity contribution in [3.63, 3.8) is 0 Å². The monoisotopic (exact) mass is 326 g/mol. The van der Waals surface area contributed by atoms with Crippen molar-refractivity contribution in [3.8, 4) is 0 Å². The number of hydrogen-bond acceptors (Lipinski definition) is 2. The Balaban J connectivity index is 0.00000220. The molecule has 1 aromatic carbocycles. The third kappa shape index (κ3) is 4.31. The molecule has 1 aliphatic rings. The molecule has 2 atom stereocenters. The maximum atomic E-state index is 13.1. The van der Waals surface area contributed by atoms with Gasteiger partial charge in [0.2, 0.25) is 5.91 Å². The first-order chi connectivity index (χ1) is 9.34. The van der Waals surface area contributed by atoms with E-state index in [1.807, 2.05) is 0 Å². The van der Waals surface area contributed by atoms with E-state index in [0.29, 0.717) is 12.0 Å². The molecule has 1 aromatic rings. The Labute approximate surface area is 125 Å². The fourth-order valence-electron chi connectivity index (χ4n) is 2.02. The predicted octanol–water partition coefficient (Wildman–Crippen LogP) is 2.20. The molecule has 118 valence electrons. The Morgan fingerprint density at radius 3 is 2.57 bits per heavy atom. The van der Waals surface area contributed by atoms with Crippen LogP contribution in [0.4, 0.5) is 17.6 Å². The van der Waals surface area contributed by atoms with Gasteiger partial charge in [0.15, 0.2) is 11.6 Å². The molecule has 1 aliphatic carbocycles. The van der Waals surface area contributed by atoms with Crippen molar-refractivity contribution >= 4 is 18.3 Å². The minimum Gasteiger partial charge on any atom is -0.350 e. The smallest absolute Gasteiger partial charge is 0.277 e. The van der Waals surface area contributed by atoms with E-state index in [1.165, 1.54) is 6.07 Å². The highest BCUT2D eigenvalue weighted by molar-refractivity contribution is 5.85. The molecule has 0 radical (unpaired) electrons. The molecule has 2 unspecified atom stereocenters. The molecule has 0 bridgehead atoms. The standard InChI is InChI=1S/C13H14F4N2O.ClH/c14-10-2-1-7(3-11(10)15)8-4-9(8)12(20)19-6-13(16,17)5-18;/h1-3,8-9H,4-6,18H2,(H,19,20);1H. The van der Waals surface area contributed by atoms with Gasteiger partial charge >= 0.3 is 0 Å². The van der Waals surface area contributed by atoms with E-state index in [2.05, 4.69) is 5.32 Å². The number of nitrogens with one attached hydrogen (secondary N) is 1. The average molecular weight is 327 g/mol. The summed E-state index contributed by atoms with van der Waals surface area (Å²) in [6.45, 7) is -1.66. The zero-order chi connectivity index (χ0) is 14.9. The van der Waals surface area contributed by atoms with Crippen LogP contribution in [0.25, 0.3) is 0 Å². The van der Waals surface area contributed by atoms with Gasteiger partial charge in [-0.05, 0) is 30.0 Å². The minimum atomic E-state index is -3.14. The second-order valence-electron chi connectivity index (χ2n) is 4.90. The average Bonchev–Trinajstić information content (AvgIpc) is 3.20. The molecular formula is C13H15ClF4N2O. The van der Waals surface area contributed by atoms with Gasteiger partial charge in [0.1, 0.15) is 0 Å². The van der Waals surface area contributed by atoms with Crippen molar-refractivity contribution in [2.75, 3.05) is 13.1 Å². The van der Waals surface area contributed by atoms with E-state index in [9.17, 15) is 22.4 Å². The van der Waals surface area contributed by atoms with Crippen LogP contribution in [-0.4, -0.2) is 24.9 Å². The number of alkyl halides is 2. The van der Waals surface area contributed by atoms with Crippen LogP contribution in [0.15, 0.2) is 18.2 Å². The van der Waals surface area contributed by atoms with Crippen molar-refractivity contribution in [1.82, 2.24) is 5.32 Å². The quantitative estimate of drug-likeness (QED) is 0.815. The lowest BCUT2D eigenvalue weighted by molar-refractivity contribution is -0.124. The topological polar surface area (TPSA) is 55.1 Å². The lowest BCUT2D eigenvalue weighted by Crippen LogP contribution is -2.42. The summed E-state index contributed by atoms with van der Waals surface area (Å²) in [5.74, 6) is -6.33. The first-order valence-corrected chi connectivity index (χ1v) is 6.14. The predicted molar refractivity (Wildman–Crippen MR) is 71.5 cm³/mol. The summed E-state index contributed by atoms with van der Waals surface area (Å²) in [5, 5.41) is 2.12. The van der Waals surface area contributed by atoms with Gasteiger partial charge in [0.25, 0.3) is 5.92 Å². The van der Waals surface area contributed by atoms with E-state index in [4.69, 9.17) is 5.73 Å². The molecule has 0 heterocycles. The summed E-state index contributed by atoms with van der Waals surface area (Å²) < 4.78 is 51.6. The van der Waals surface area contributed by atoms with E-state index in [0.717, 1.165) is 12.1 Å². The lowest BCUT2D eigenvalue weighted by atomic mass is 10.1. The van der Waals surface area contributed by atoms with Gasteiger partial charge in [-0.25, -0.2) is 17.6 Å². The van der Waals surface area contributed by atoms with Crippen LogP contribution >= 0.6 is 12.4 Å². The van der Waals surface area contributed by atoms with E-state index in [-0.39, 0.29) is 18.3 Å². The van der Waals surface area contributed by atoms with Gasteiger partial charge in [0.05, 0.1) is 13.1 Å². The fourth-order valence-corrected chi connectivity index (χ4v) is 2.02. The van der Waals surface area contributed by atoms with Crippen LogP contribution < -0.4 is 11.1 Å². The molecule has 0 aromatic heterocycles. The number of amides is 1. The molecule has 1 fully saturated rings. The Morgan fingerprint density at radius 1 is 1.33 bits per heavy atom. The zero-order valence-electron chi connectivity index (χ0n) is 10.9. The van der Waals surface area contributed by atoms with Crippen LogP contribution in [-0.2, 0) is 4.79 Å². The van der Waals surface area contributed by atoms with Gasteiger partial charge in [-0.3, -0.25) is 4.79 Å². The number of benzene rings is 1. The number of carbonyl (C=O) groups is 1. The number of halogens is 5. The molecule has 0 spiro atoms. The molecule has 3 nitrogen and oxygen atoms in total. The Hall–Kier alpha value is -1.34. The summed E-state index contributed by atoms with van der Waals surface area (Å²) in [5.41, 5.74) is 5.35. The first-order valence-electron chi connectivity index (χ1n) is 6.14. The summed E-state index contributed by atoms with van der Waals surface area (Å²) in [6.07, 6.45) is 0.436. The van der Waals surface area contributed by atoms with Crippen LogP contribution in [0, 0.1) is 17.6 Å². The van der Waals surface area contributed by atoms with Gasteiger partial charge in [0, 0.05) is 5.92 Å². The summed E-state index contributed by atoms with van der Waals surface area (Å²) in [4.78, 5) is 11.7. The molecule has 8 heteroatoms. The minimum absolute atomic E-state index is 0. The highest BCUT2D eigenvalue weighted by Crippen LogP contribution is 2.47. The fraction of sp³-hybridized carbons (Fsp3) is 0.462. The van der Waals surface area contributed by atoms with Crippen LogP contribution in [0.5, 0.6) is 0 Å². The van der Waals surface area contributed by atoms with Gasteiger partial charge < -0.3 is 11.1 Å². The SMILES string of the molecule is Cl.NCC(F)(F)CNC(=O)C1CC1c1ccc(F)c(F)c1. The van der Waals surface area contributed by atoms with E-state index < -0.39 is 42.5 Å². The highest BCUT2D eigenvalue weighted by atomic mass is 35.5. The molecular weight excluding hydrogens is 312 g/mol. The molecule has 2 rings (SSSR count). The van der Waals surface area contributed by atoms with Gasteiger partial charge in [-0.15, -0.1) is 12.4 Å². The van der Waals surface area contributed by atoms with Crippen LogP contribution in [0.1, 0.15) is 17.9 Å². The molecule has 1 amide bonds. The Kier molecular flexibility index (Phi) is 5.58. The van der Waals surface area contributed by atoms with Gasteiger partial charge in [-0.2, -0.15) is 0 Å². The third-order valence-electron chi connectivity index (χ3n) is 3.32. The molecule has 1 saturated carbocycles. The first kappa shape index (κ1) is 17.7. The maximum absolute atomic E-state index is 13.1. The Morgan fingerprint density at radius 2 is 2.00 bits per heavy atom. The number of carbonyl (C=O) groups excluding carboxylic acids is 1. The number of rotatable bonds is 5. The van der Waals surface area contributed by atoms with Crippen molar-refractivity contribution in [2.24, 2.45) is 11.7 Å². The summed E-state index contributed by atoms with van der Waals surface area (Å²) >= 11 is 0. The van der Waals surface area contributed by atoms with E-state index in [1.54, 1.807) is 0 Å². The second-order valence-corrected chi connectivity index (χ2v) is 4.90. The van der Waals surface area contributed by atoms with Crippen molar-refractivity contribution in [3.05, 3.63) is 35.4 Å². The lowest BCUT2D eigenvalue weighted by Gasteiger charge is -2.14. The van der Waals surface area contributed by atoms with Gasteiger partial charge in [-0.1, -0.05) is 6.07 Å². The molecule has 0 aliphatic heterocycles. The molecule has 0 saturated heterocycles. The Bertz CT molecular complexity index is 527. The maximum Gasteiger partial charge on any atom is 0.277 e. The number of nitrogens with two attached hydrogens (primary N) is 1. The normalized spacial score (nSPS) is 20.6. The summed E-state index contributed by atoms with van der Waals surface area (Å²) in [7, 11) is 0. The van der Waals surface area contributed by atoms with Crippen LogP contribution in [0.2, 0.25) is 0 Å². The van der Waals surface area contributed by atoms with Crippen molar-refractivity contribution in [1.29, 1.82) is 0 Å². The molecule has 3 N–H and O–H groups in total. The summed E-state index contributed by atoms with van der Waals surface area (Å²) in [6, 6.07) is 3.41. The van der Waals surface area contributed by atoms with Crippen LogP contribution in [0.3, 0.4) is 0 Å². The second kappa shape index (κ2) is 6.62. The van der Waals surface area contributed by atoms with E-state index >= 15 is 0 Å². The highest BCUT2D eigenvalue weighted by Gasteiger charge is 2.44. The van der Waals surface area contributed by atoms with Crippen molar-refractivity contribution in [2.45, 2.75) is 18.3 Å².